The lowest BCUT2D eigenvalue weighted by atomic mass is 9.99. The summed E-state index contributed by atoms with van der Waals surface area (Å²) in [6.07, 6.45) is 1.33. The molecule has 6 nitrogen and oxygen atoms in total. The number of piperidine rings is 1. The van der Waals surface area contributed by atoms with Crippen LogP contribution in [0.2, 0.25) is 0 Å². The van der Waals surface area contributed by atoms with E-state index < -0.39 is 17.4 Å². The molecule has 1 N–H and O–H groups in total. The van der Waals surface area contributed by atoms with Gasteiger partial charge < -0.3 is 19.5 Å². The van der Waals surface area contributed by atoms with Gasteiger partial charge in [0.2, 0.25) is 0 Å². The van der Waals surface area contributed by atoms with E-state index in [9.17, 15) is 14.0 Å². The molecule has 0 spiro atoms. The molecule has 0 unspecified atom stereocenters. The molecule has 0 aliphatic carbocycles. The van der Waals surface area contributed by atoms with Gasteiger partial charge in [0.15, 0.2) is 0 Å². The zero-order chi connectivity index (χ0) is 18.6. The normalized spacial score (nSPS) is 17.9. The van der Waals surface area contributed by atoms with Crippen molar-refractivity contribution < 1.29 is 28.6 Å². The number of nitrogens with zero attached hydrogens (tertiary/aromatic N) is 1. The maximum Gasteiger partial charge on any atom is 0.410 e. The molecule has 1 aliphatic rings. The summed E-state index contributed by atoms with van der Waals surface area (Å²) in [7, 11) is 0. The first-order chi connectivity index (χ1) is 11.7. The predicted octanol–water partition coefficient (Wildman–Crippen LogP) is 3.55. The summed E-state index contributed by atoms with van der Waals surface area (Å²) >= 11 is 0. The van der Waals surface area contributed by atoms with Crippen LogP contribution in [-0.4, -0.2) is 47.4 Å². The zero-order valence-electron chi connectivity index (χ0n) is 14.8. The van der Waals surface area contributed by atoms with Gasteiger partial charge in [0, 0.05) is 19.0 Å². The van der Waals surface area contributed by atoms with Gasteiger partial charge in [-0.25, -0.2) is 14.0 Å². The minimum atomic E-state index is -1.24. The van der Waals surface area contributed by atoms with E-state index in [0.29, 0.717) is 13.1 Å². The van der Waals surface area contributed by atoms with E-state index in [1.807, 2.05) is 20.8 Å². The average molecular weight is 353 g/mol. The largest absolute Gasteiger partial charge is 0.492 e. The molecule has 1 aromatic carbocycles. The van der Waals surface area contributed by atoms with Gasteiger partial charge in [0.1, 0.15) is 22.7 Å². The van der Waals surface area contributed by atoms with Crippen molar-refractivity contribution in [2.45, 2.75) is 39.2 Å². The number of carbonyl (C=O) groups is 2. The molecule has 1 saturated heterocycles. The molecule has 7 heteroatoms. The topological polar surface area (TPSA) is 76.1 Å². The minimum Gasteiger partial charge on any atom is -0.492 e. The van der Waals surface area contributed by atoms with Gasteiger partial charge >= 0.3 is 12.1 Å². The van der Waals surface area contributed by atoms with E-state index in [0.717, 1.165) is 25.0 Å². The number of aromatic carboxylic acids is 1. The lowest BCUT2D eigenvalue weighted by Gasteiger charge is -2.34. The van der Waals surface area contributed by atoms with Crippen molar-refractivity contribution in [1.82, 2.24) is 4.90 Å². The van der Waals surface area contributed by atoms with E-state index >= 15 is 0 Å². The summed E-state index contributed by atoms with van der Waals surface area (Å²) in [5, 5.41) is 9.13. The van der Waals surface area contributed by atoms with Gasteiger partial charge in [-0.3, -0.25) is 0 Å². The van der Waals surface area contributed by atoms with E-state index in [2.05, 4.69) is 0 Å². The van der Waals surface area contributed by atoms with Crippen LogP contribution in [0, 0.1) is 11.7 Å². The first kappa shape index (κ1) is 19.0. The third-order valence-corrected chi connectivity index (χ3v) is 3.82. The van der Waals surface area contributed by atoms with Crippen LogP contribution in [0.3, 0.4) is 0 Å². The number of carboxylic acids is 1. The molecule has 1 aliphatic heterocycles. The molecule has 1 heterocycles. The molecule has 0 saturated carbocycles. The van der Waals surface area contributed by atoms with Crippen molar-refractivity contribution in [3.05, 3.63) is 29.6 Å². The fourth-order valence-corrected chi connectivity index (χ4v) is 2.70. The fraction of sp³-hybridized carbons (Fsp3) is 0.556. The van der Waals surface area contributed by atoms with Crippen molar-refractivity contribution in [2.75, 3.05) is 19.7 Å². The van der Waals surface area contributed by atoms with Crippen molar-refractivity contribution in [2.24, 2.45) is 5.92 Å². The summed E-state index contributed by atoms with van der Waals surface area (Å²) in [5.74, 6) is -1.68. The maximum absolute atomic E-state index is 13.2. The Labute approximate surface area is 146 Å². The van der Waals surface area contributed by atoms with Gasteiger partial charge in [0.25, 0.3) is 0 Å². The molecule has 1 atom stereocenters. The minimum absolute atomic E-state index is 0.0629. The smallest absolute Gasteiger partial charge is 0.410 e. The van der Waals surface area contributed by atoms with Gasteiger partial charge in [-0.05, 0) is 51.8 Å². The number of carbonyl (C=O) groups excluding carboxylic acids is 1. The van der Waals surface area contributed by atoms with Gasteiger partial charge in [-0.1, -0.05) is 0 Å². The summed E-state index contributed by atoms with van der Waals surface area (Å²) in [5.41, 5.74) is -0.759. The van der Waals surface area contributed by atoms with Crippen LogP contribution in [0.25, 0.3) is 0 Å². The van der Waals surface area contributed by atoms with Crippen molar-refractivity contribution in [3.8, 4) is 5.75 Å². The third-order valence-electron chi connectivity index (χ3n) is 3.82. The molecular formula is C18H24FNO5. The summed E-state index contributed by atoms with van der Waals surface area (Å²) < 4.78 is 24.2. The molecule has 0 bridgehead atoms. The van der Waals surface area contributed by atoms with Crippen LogP contribution in [0.4, 0.5) is 9.18 Å². The third kappa shape index (κ3) is 5.62. The van der Waals surface area contributed by atoms with Gasteiger partial charge in [0.05, 0.1) is 6.61 Å². The Morgan fingerprint density at radius 1 is 1.36 bits per heavy atom. The molecule has 2 rings (SSSR count). The molecule has 0 aromatic heterocycles. The Hall–Kier alpha value is -2.31. The van der Waals surface area contributed by atoms with Crippen LogP contribution in [-0.2, 0) is 4.74 Å². The number of likely N-dealkylation sites (tertiary alicyclic amines) is 1. The number of amides is 1. The number of ether oxygens (including phenoxy) is 2. The number of hydrogen-bond acceptors (Lipinski definition) is 4. The number of halogens is 1. The highest BCUT2D eigenvalue weighted by atomic mass is 19.1. The second kappa shape index (κ2) is 7.72. The Kier molecular flexibility index (Phi) is 5.87. The molecule has 1 amide bonds. The number of rotatable bonds is 4. The highest BCUT2D eigenvalue weighted by Gasteiger charge is 2.28. The highest BCUT2D eigenvalue weighted by Crippen LogP contribution is 2.24. The monoisotopic (exact) mass is 353 g/mol. The second-order valence-electron chi connectivity index (χ2n) is 7.19. The van der Waals surface area contributed by atoms with Crippen molar-refractivity contribution in [3.63, 3.8) is 0 Å². The van der Waals surface area contributed by atoms with E-state index in [1.165, 1.54) is 6.07 Å². The SMILES string of the molecule is CC(C)(C)OC(=O)N1CCC[C@H](COc2ccc(F)cc2C(=O)O)C1. The molecule has 1 fully saturated rings. The Morgan fingerprint density at radius 2 is 2.08 bits per heavy atom. The van der Waals surface area contributed by atoms with E-state index in [1.54, 1.807) is 4.90 Å². The van der Waals surface area contributed by atoms with Crippen LogP contribution in [0.5, 0.6) is 5.75 Å². The van der Waals surface area contributed by atoms with Crippen LogP contribution in [0.15, 0.2) is 18.2 Å². The number of benzene rings is 1. The maximum atomic E-state index is 13.2. The fourth-order valence-electron chi connectivity index (χ4n) is 2.70. The first-order valence-electron chi connectivity index (χ1n) is 8.29. The second-order valence-corrected chi connectivity index (χ2v) is 7.19. The Morgan fingerprint density at radius 3 is 2.72 bits per heavy atom. The average Bonchev–Trinajstić information content (AvgIpc) is 2.52. The van der Waals surface area contributed by atoms with Crippen LogP contribution < -0.4 is 4.74 Å². The predicted molar refractivity (Wildman–Crippen MR) is 89.4 cm³/mol. The van der Waals surface area contributed by atoms with E-state index in [-0.39, 0.29) is 29.9 Å². The molecule has 25 heavy (non-hydrogen) atoms. The Bertz CT molecular complexity index is 641. The van der Waals surface area contributed by atoms with E-state index in [4.69, 9.17) is 14.6 Å². The summed E-state index contributed by atoms with van der Waals surface area (Å²) in [6.45, 7) is 6.82. The van der Waals surface area contributed by atoms with Crippen molar-refractivity contribution in [1.29, 1.82) is 0 Å². The summed E-state index contributed by atoms with van der Waals surface area (Å²) in [4.78, 5) is 25.0. The number of hydrogen-bond donors (Lipinski definition) is 1. The lowest BCUT2D eigenvalue weighted by Crippen LogP contribution is -2.44. The number of carboxylic acid groups (broad SMARTS) is 1. The van der Waals surface area contributed by atoms with Gasteiger partial charge in [-0.15, -0.1) is 0 Å². The van der Waals surface area contributed by atoms with Crippen molar-refractivity contribution >= 4 is 12.1 Å². The first-order valence-corrected chi connectivity index (χ1v) is 8.29. The standard InChI is InChI=1S/C18H24FNO5/c1-18(2,3)25-17(23)20-8-4-5-12(10-20)11-24-15-7-6-13(19)9-14(15)16(21)22/h6-7,9,12H,4-5,8,10-11H2,1-3H3,(H,21,22)/t12-/m0/s1. The lowest BCUT2D eigenvalue weighted by molar-refractivity contribution is 0.0139. The highest BCUT2D eigenvalue weighted by molar-refractivity contribution is 5.90. The molecule has 1 aromatic rings. The quantitative estimate of drug-likeness (QED) is 0.896. The molecule has 138 valence electrons. The molecular weight excluding hydrogens is 329 g/mol. The van der Waals surface area contributed by atoms with Crippen LogP contribution >= 0.6 is 0 Å². The van der Waals surface area contributed by atoms with Gasteiger partial charge in [-0.2, -0.15) is 0 Å². The molecule has 0 radical (unpaired) electrons. The zero-order valence-corrected chi connectivity index (χ0v) is 14.8. The summed E-state index contributed by atoms with van der Waals surface area (Å²) in [6, 6.07) is 3.41. The Balaban J connectivity index is 1.95. The van der Waals surface area contributed by atoms with Crippen LogP contribution in [0.1, 0.15) is 44.0 Å².